The third-order valence-corrected chi connectivity index (χ3v) is 5.77. The number of hydrogen-bond donors (Lipinski definition) is 2. The van der Waals surface area contributed by atoms with Crippen molar-refractivity contribution in [3.05, 3.63) is 107 Å². The zero-order chi connectivity index (χ0) is 27.6. The Labute approximate surface area is 210 Å². The smallest absolute Gasteiger partial charge is 0.329 e. The first-order chi connectivity index (χ1) is 17.1. The summed E-state index contributed by atoms with van der Waals surface area (Å²) in [6.45, 7) is 9.14. The molecule has 0 aliphatic heterocycles. The molecule has 0 aliphatic rings. The first kappa shape index (κ1) is 27.8. The van der Waals surface area contributed by atoms with Crippen molar-refractivity contribution < 1.29 is 31.1 Å². The molecule has 2 aromatic carbocycles. The van der Waals surface area contributed by atoms with E-state index in [0.717, 1.165) is 53.7 Å². The van der Waals surface area contributed by atoms with Crippen LogP contribution in [-0.4, -0.2) is 11.0 Å². The SMILES string of the molecule is C=C(C)c1cccc(C(C)(C)NC(=O)NC(c2ccc(C(F)(F)F)cc2)c2ncccc2C(F)(F)F)c1. The van der Waals surface area contributed by atoms with Gasteiger partial charge in [-0.3, -0.25) is 4.98 Å². The number of hydrogen-bond acceptors (Lipinski definition) is 2. The third-order valence-electron chi connectivity index (χ3n) is 5.77. The van der Waals surface area contributed by atoms with Crippen molar-refractivity contribution in [1.29, 1.82) is 0 Å². The quantitative estimate of drug-likeness (QED) is 0.331. The molecular formula is C27H25F6N3O. The summed E-state index contributed by atoms with van der Waals surface area (Å²) < 4.78 is 80.4. The van der Waals surface area contributed by atoms with Crippen molar-refractivity contribution in [2.75, 3.05) is 0 Å². The van der Waals surface area contributed by atoms with Crippen LogP contribution in [0.1, 0.15) is 60.3 Å². The number of nitrogens with one attached hydrogen (secondary N) is 2. The molecule has 3 rings (SSSR count). The van der Waals surface area contributed by atoms with Gasteiger partial charge in [-0.2, -0.15) is 26.3 Å². The molecular weight excluding hydrogens is 496 g/mol. The van der Waals surface area contributed by atoms with Crippen molar-refractivity contribution in [3.8, 4) is 0 Å². The van der Waals surface area contributed by atoms with Crippen LogP contribution < -0.4 is 10.6 Å². The average molecular weight is 522 g/mol. The molecule has 37 heavy (non-hydrogen) atoms. The number of nitrogens with zero attached hydrogens (tertiary/aromatic N) is 1. The lowest BCUT2D eigenvalue weighted by molar-refractivity contribution is -0.139. The van der Waals surface area contributed by atoms with Gasteiger partial charge in [-0.1, -0.05) is 42.5 Å². The molecule has 0 radical (unpaired) electrons. The van der Waals surface area contributed by atoms with Crippen molar-refractivity contribution in [3.63, 3.8) is 0 Å². The van der Waals surface area contributed by atoms with E-state index in [1.165, 1.54) is 0 Å². The number of pyridine rings is 1. The molecule has 10 heteroatoms. The Morgan fingerprint density at radius 1 is 0.892 bits per heavy atom. The molecule has 1 atom stereocenters. The van der Waals surface area contributed by atoms with Gasteiger partial charge < -0.3 is 10.6 Å². The van der Waals surface area contributed by atoms with Crippen LogP contribution in [0, 0.1) is 0 Å². The number of alkyl halides is 6. The summed E-state index contributed by atoms with van der Waals surface area (Å²) in [6.07, 6.45) is -8.33. The Morgan fingerprint density at radius 2 is 1.54 bits per heavy atom. The second kappa shape index (κ2) is 10.3. The fourth-order valence-corrected chi connectivity index (χ4v) is 3.76. The molecule has 2 amide bonds. The zero-order valence-corrected chi connectivity index (χ0v) is 20.3. The molecule has 2 N–H and O–H groups in total. The van der Waals surface area contributed by atoms with E-state index < -0.39 is 46.8 Å². The number of carbonyl (C=O) groups excluding carboxylic acids is 1. The number of urea groups is 1. The molecule has 196 valence electrons. The van der Waals surface area contributed by atoms with Crippen LogP contribution in [0.5, 0.6) is 0 Å². The van der Waals surface area contributed by atoms with Crippen LogP contribution in [0.2, 0.25) is 0 Å². The van der Waals surface area contributed by atoms with Crippen molar-refractivity contribution >= 4 is 11.6 Å². The summed E-state index contributed by atoms with van der Waals surface area (Å²) in [6, 6.07) is 10.3. The highest BCUT2D eigenvalue weighted by molar-refractivity contribution is 5.76. The number of halogens is 6. The van der Waals surface area contributed by atoms with Gasteiger partial charge in [0.1, 0.15) is 0 Å². The molecule has 1 unspecified atom stereocenters. The fourth-order valence-electron chi connectivity index (χ4n) is 3.76. The van der Waals surface area contributed by atoms with Gasteiger partial charge in [0.05, 0.1) is 28.4 Å². The Kier molecular flexibility index (Phi) is 7.71. The minimum atomic E-state index is -4.81. The minimum absolute atomic E-state index is 0.00515. The number of carbonyl (C=O) groups is 1. The van der Waals surface area contributed by atoms with E-state index in [-0.39, 0.29) is 5.56 Å². The topological polar surface area (TPSA) is 54.0 Å². The van der Waals surface area contributed by atoms with Gasteiger partial charge in [0.2, 0.25) is 0 Å². The van der Waals surface area contributed by atoms with Gasteiger partial charge in [-0.25, -0.2) is 4.79 Å². The summed E-state index contributed by atoms with van der Waals surface area (Å²) in [5.74, 6) is 0. The Balaban J connectivity index is 1.98. The number of aromatic nitrogens is 1. The maximum atomic E-state index is 13.8. The molecule has 3 aromatic rings. The largest absolute Gasteiger partial charge is 0.418 e. The van der Waals surface area contributed by atoms with E-state index in [1.54, 1.807) is 26.0 Å². The maximum absolute atomic E-state index is 13.8. The summed E-state index contributed by atoms with van der Waals surface area (Å²) in [4.78, 5) is 16.9. The van der Waals surface area contributed by atoms with Gasteiger partial charge >= 0.3 is 18.4 Å². The van der Waals surface area contributed by atoms with Crippen LogP contribution in [0.25, 0.3) is 5.57 Å². The maximum Gasteiger partial charge on any atom is 0.418 e. The van der Waals surface area contributed by atoms with E-state index in [2.05, 4.69) is 22.2 Å². The van der Waals surface area contributed by atoms with Gasteiger partial charge in [0.25, 0.3) is 0 Å². The van der Waals surface area contributed by atoms with E-state index in [9.17, 15) is 31.1 Å². The fraction of sp³-hybridized carbons (Fsp3) is 0.259. The van der Waals surface area contributed by atoms with Crippen molar-refractivity contribution in [2.45, 2.75) is 44.7 Å². The lowest BCUT2D eigenvalue weighted by Crippen LogP contribution is -2.48. The number of rotatable bonds is 6. The summed E-state index contributed by atoms with van der Waals surface area (Å²) in [5, 5.41) is 5.21. The van der Waals surface area contributed by atoms with Crippen LogP contribution in [0.15, 0.2) is 73.4 Å². The van der Waals surface area contributed by atoms with Crippen molar-refractivity contribution in [2.24, 2.45) is 0 Å². The standard InChI is InChI=1S/C27H25F6N3O/c1-16(2)18-7-5-8-20(15-18)25(3,4)36-24(37)35-22(17-10-12-19(13-11-17)26(28,29)30)23-21(27(31,32)33)9-6-14-34-23/h5-15,22H,1H2,2-4H3,(H2,35,36,37). The normalized spacial score (nSPS) is 13.1. The molecule has 1 heterocycles. The summed E-state index contributed by atoms with van der Waals surface area (Å²) in [7, 11) is 0. The van der Waals surface area contributed by atoms with Crippen LogP contribution >= 0.6 is 0 Å². The second-order valence-electron chi connectivity index (χ2n) is 9.07. The molecule has 1 aromatic heterocycles. The van der Waals surface area contributed by atoms with Gasteiger partial charge in [-0.15, -0.1) is 0 Å². The molecule has 0 saturated heterocycles. The number of allylic oxidation sites excluding steroid dienone is 1. The monoisotopic (exact) mass is 521 g/mol. The first-order valence-electron chi connectivity index (χ1n) is 11.1. The highest BCUT2D eigenvalue weighted by Crippen LogP contribution is 2.36. The Hall–Kier alpha value is -3.82. The van der Waals surface area contributed by atoms with E-state index in [0.29, 0.717) is 5.56 Å². The summed E-state index contributed by atoms with van der Waals surface area (Å²) in [5.41, 5.74) is -1.25. The highest BCUT2D eigenvalue weighted by Gasteiger charge is 2.38. The van der Waals surface area contributed by atoms with Crippen LogP contribution in [-0.2, 0) is 17.9 Å². The number of amides is 2. The molecule has 4 nitrogen and oxygen atoms in total. The molecule has 0 fully saturated rings. The third kappa shape index (κ3) is 6.69. The van der Waals surface area contributed by atoms with Gasteiger partial charge in [0, 0.05) is 6.20 Å². The molecule has 0 spiro atoms. The van der Waals surface area contributed by atoms with Crippen LogP contribution in [0.3, 0.4) is 0 Å². The van der Waals surface area contributed by atoms with Crippen LogP contribution in [0.4, 0.5) is 31.1 Å². The number of benzene rings is 2. The predicted octanol–water partition coefficient (Wildman–Crippen LogP) is 7.48. The van der Waals surface area contributed by atoms with Gasteiger partial charge in [-0.05, 0) is 67.8 Å². The minimum Gasteiger partial charge on any atom is -0.329 e. The molecule has 0 saturated carbocycles. The van der Waals surface area contributed by atoms with E-state index in [1.807, 2.05) is 19.1 Å². The Bertz CT molecular complexity index is 1280. The van der Waals surface area contributed by atoms with E-state index >= 15 is 0 Å². The first-order valence-corrected chi connectivity index (χ1v) is 11.1. The van der Waals surface area contributed by atoms with Gasteiger partial charge in [0.15, 0.2) is 0 Å². The second-order valence-corrected chi connectivity index (χ2v) is 9.07. The molecule has 0 bridgehead atoms. The summed E-state index contributed by atoms with van der Waals surface area (Å²) >= 11 is 0. The average Bonchev–Trinajstić information content (AvgIpc) is 2.81. The lowest BCUT2D eigenvalue weighted by atomic mass is 9.91. The zero-order valence-electron chi connectivity index (χ0n) is 20.3. The lowest BCUT2D eigenvalue weighted by Gasteiger charge is -2.30. The Morgan fingerprint density at radius 3 is 2.11 bits per heavy atom. The predicted molar refractivity (Wildman–Crippen MR) is 128 cm³/mol. The molecule has 0 aliphatic carbocycles. The van der Waals surface area contributed by atoms with Crippen molar-refractivity contribution in [1.82, 2.24) is 15.6 Å². The van der Waals surface area contributed by atoms with E-state index in [4.69, 9.17) is 0 Å². The highest BCUT2D eigenvalue weighted by atomic mass is 19.4.